The second-order valence-corrected chi connectivity index (χ2v) is 7.76. The molecule has 2 atom stereocenters. The maximum Gasteiger partial charge on any atom is 0.243 e. The van der Waals surface area contributed by atoms with E-state index in [4.69, 9.17) is 0 Å². The predicted octanol–water partition coefficient (Wildman–Crippen LogP) is 3.50. The van der Waals surface area contributed by atoms with E-state index in [0.717, 1.165) is 15.6 Å². The first kappa shape index (κ1) is 13.8. The summed E-state index contributed by atoms with van der Waals surface area (Å²) in [6, 6.07) is 14.7. The molecule has 0 saturated carbocycles. The predicted molar refractivity (Wildman–Crippen MR) is 82.0 cm³/mol. The van der Waals surface area contributed by atoms with E-state index < -0.39 is 10.0 Å². The highest BCUT2D eigenvalue weighted by molar-refractivity contribution is 9.10. The van der Waals surface area contributed by atoms with Crippen LogP contribution in [0.2, 0.25) is 0 Å². The van der Waals surface area contributed by atoms with Crippen LogP contribution >= 0.6 is 15.9 Å². The van der Waals surface area contributed by atoms with Gasteiger partial charge in [0.15, 0.2) is 0 Å². The maximum atomic E-state index is 12.5. The van der Waals surface area contributed by atoms with Crippen molar-refractivity contribution < 1.29 is 8.42 Å². The first-order valence-electron chi connectivity index (χ1n) is 6.32. The topological polar surface area (TPSA) is 37.1 Å². The molecule has 20 heavy (non-hydrogen) atoms. The van der Waals surface area contributed by atoms with Crippen LogP contribution in [0.1, 0.15) is 17.2 Å². The largest absolute Gasteiger partial charge is 0.243 e. The number of hydrogen-bond acceptors (Lipinski definition) is 2. The van der Waals surface area contributed by atoms with Crippen molar-refractivity contribution >= 4 is 26.0 Å². The summed E-state index contributed by atoms with van der Waals surface area (Å²) < 4.78 is 27.5. The van der Waals surface area contributed by atoms with Crippen molar-refractivity contribution in [3.8, 4) is 0 Å². The molecule has 0 N–H and O–H groups in total. The number of sulfonamides is 1. The highest BCUT2D eigenvalue weighted by atomic mass is 79.9. The summed E-state index contributed by atoms with van der Waals surface area (Å²) in [6.45, 7) is 2.49. The molecule has 1 aliphatic heterocycles. The van der Waals surface area contributed by atoms with E-state index >= 15 is 0 Å². The SMILES string of the molecule is Cc1ccc(S(=O)(=O)N2CC2c2cccc(Br)c2)cc1. The van der Waals surface area contributed by atoms with E-state index in [0.29, 0.717) is 11.4 Å². The molecule has 0 radical (unpaired) electrons. The molecule has 3 rings (SSSR count). The normalized spacial score (nSPS) is 21.7. The van der Waals surface area contributed by atoms with Gasteiger partial charge in [-0.15, -0.1) is 0 Å². The Bertz CT molecular complexity index is 741. The molecule has 2 unspecified atom stereocenters. The Hall–Kier alpha value is -1.17. The minimum Gasteiger partial charge on any atom is -0.207 e. The minimum absolute atomic E-state index is 0.0428. The third-order valence-electron chi connectivity index (χ3n) is 3.43. The van der Waals surface area contributed by atoms with E-state index in [9.17, 15) is 8.42 Å². The van der Waals surface area contributed by atoms with Crippen LogP contribution in [0.3, 0.4) is 0 Å². The Morgan fingerprint density at radius 3 is 2.50 bits per heavy atom. The number of aryl methyl sites for hydroxylation is 1. The van der Waals surface area contributed by atoms with Crippen molar-refractivity contribution in [2.24, 2.45) is 0 Å². The number of rotatable bonds is 3. The van der Waals surface area contributed by atoms with Crippen molar-refractivity contribution in [1.82, 2.24) is 4.31 Å². The van der Waals surface area contributed by atoms with E-state index in [1.165, 1.54) is 4.31 Å². The molecular weight excluding hydrogens is 338 g/mol. The number of hydrogen-bond donors (Lipinski definition) is 0. The summed E-state index contributed by atoms with van der Waals surface area (Å²) >= 11 is 3.41. The van der Waals surface area contributed by atoms with Gasteiger partial charge in [0.1, 0.15) is 0 Å². The van der Waals surface area contributed by atoms with Gasteiger partial charge in [-0.2, -0.15) is 4.31 Å². The lowest BCUT2D eigenvalue weighted by atomic mass is 10.2. The van der Waals surface area contributed by atoms with E-state index in [1.54, 1.807) is 12.1 Å². The number of benzene rings is 2. The van der Waals surface area contributed by atoms with E-state index in [2.05, 4.69) is 15.9 Å². The highest BCUT2D eigenvalue weighted by Gasteiger charge is 2.45. The molecule has 0 amide bonds. The molecule has 1 saturated heterocycles. The van der Waals surface area contributed by atoms with Gasteiger partial charge in [-0.3, -0.25) is 0 Å². The highest BCUT2D eigenvalue weighted by Crippen LogP contribution is 2.40. The smallest absolute Gasteiger partial charge is 0.207 e. The molecule has 104 valence electrons. The molecular formula is C15H14BrNO2S. The fourth-order valence-electron chi connectivity index (χ4n) is 2.22. The van der Waals surface area contributed by atoms with Crippen LogP contribution in [0.5, 0.6) is 0 Å². The molecule has 2 aromatic carbocycles. The van der Waals surface area contributed by atoms with Crippen molar-refractivity contribution in [3.05, 3.63) is 64.1 Å². The van der Waals surface area contributed by atoms with Gasteiger partial charge in [-0.05, 0) is 36.8 Å². The summed E-state index contributed by atoms with van der Waals surface area (Å²) in [5.74, 6) is 0. The minimum atomic E-state index is -3.37. The molecule has 0 spiro atoms. The van der Waals surface area contributed by atoms with Gasteiger partial charge in [-0.25, -0.2) is 8.42 Å². The lowest BCUT2D eigenvalue weighted by molar-refractivity contribution is 0.554. The van der Waals surface area contributed by atoms with Gasteiger partial charge in [0, 0.05) is 11.0 Å². The van der Waals surface area contributed by atoms with Crippen molar-refractivity contribution in [1.29, 1.82) is 0 Å². The third kappa shape index (κ3) is 2.53. The Labute approximate surface area is 127 Å². The molecule has 2 aromatic rings. The summed E-state index contributed by atoms with van der Waals surface area (Å²) in [4.78, 5) is 0.362. The summed E-state index contributed by atoms with van der Waals surface area (Å²) in [5.41, 5.74) is 2.08. The standard InChI is InChI=1S/C15H14BrNO2S/c1-11-5-7-14(8-6-11)20(18,19)17-10-15(17)12-3-2-4-13(16)9-12/h2-9,15H,10H2,1H3. The van der Waals surface area contributed by atoms with Crippen LogP contribution in [-0.4, -0.2) is 19.3 Å². The summed E-state index contributed by atoms with van der Waals surface area (Å²) in [6.07, 6.45) is 0. The summed E-state index contributed by atoms with van der Waals surface area (Å²) in [5, 5.41) is 0. The molecule has 0 aliphatic carbocycles. The van der Waals surface area contributed by atoms with Gasteiger partial charge in [0.2, 0.25) is 10.0 Å². The van der Waals surface area contributed by atoms with Gasteiger partial charge in [-0.1, -0.05) is 45.8 Å². The van der Waals surface area contributed by atoms with E-state index in [-0.39, 0.29) is 6.04 Å². The van der Waals surface area contributed by atoms with Gasteiger partial charge < -0.3 is 0 Å². The Kier molecular flexibility index (Phi) is 3.44. The Morgan fingerprint density at radius 1 is 1.15 bits per heavy atom. The maximum absolute atomic E-state index is 12.5. The monoisotopic (exact) mass is 351 g/mol. The number of halogens is 1. The van der Waals surface area contributed by atoms with Crippen LogP contribution in [0, 0.1) is 6.92 Å². The fraction of sp³-hybridized carbons (Fsp3) is 0.200. The molecule has 3 nitrogen and oxygen atoms in total. The summed E-state index contributed by atoms with van der Waals surface area (Å²) in [7, 11) is -3.37. The second kappa shape index (κ2) is 4.98. The van der Waals surface area contributed by atoms with Gasteiger partial charge in [0.05, 0.1) is 10.9 Å². The molecule has 0 aromatic heterocycles. The fourth-order valence-corrected chi connectivity index (χ4v) is 4.18. The van der Waals surface area contributed by atoms with Crippen LogP contribution in [0.15, 0.2) is 57.9 Å². The van der Waals surface area contributed by atoms with Gasteiger partial charge >= 0.3 is 0 Å². The zero-order valence-electron chi connectivity index (χ0n) is 11.0. The second-order valence-electron chi connectivity index (χ2n) is 4.96. The molecule has 0 bridgehead atoms. The zero-order chi connectivity index (χ0) is 14.3. The van der Waals surface area contributed by atoms with Crippen LogP contribution in [0.25, 0.3) is 0 Å². The lowest BCUT2D eigenvalue weighted by Gasteiger charge is -2.07. The average Bonchev–Trinajstić information content (AvgIpc) is 3.20. The molecule has 1 heterocycles. The van der Waals surface area contributed by atoms with Gasteiger partial charge in [0.25, 0.3) is 0 Å². The zero-order valence-corrected chi connectivity index (χ0v) is 13.4. The Balaban J connectivity index is 1.86. The molecule has 1 fully saturated rings. The van der Waals surface area contributed by atoms with Crippen LogP contribution in [0.4, 0.5) is 0 Å². The quantitative estimate of drug-likeness (QED) is 0.793. The van der Waals surface area contributed by atoms with Crippen molar-refractivity contribution in [3.63, 3.8) is 0 Å². The van der Waals surface area contributed by atoms with E-state index in [1.807, 2.05) is 43.3 Å². The number of nitrogens with zero attached hydrogens (tertiary/aromatic N) is 1. The third-order valence-corrected chi connectivity index (χ3v) is 5.81. The first-order valence-corrected chi connectivity index (χ1v) is 8.56. The average molecular weight is 352 g/mol. The molecule has 5 heteroatoms. The van der Waals surface area contributed by atoms with Crippen LogP contribution in [-0.2, 0) is 10.0 Å². The van der Waals surface area contributed by atoms with Crippen molar-refractivity contribution in [2.45, 2.75) is 17.9 Å². The first-order chi connectivity index (χ1) is 9.48. The van der Waals surface area contributed by atoms with Crippen LogP contribution < -0.4 is 0 Å². The lowest BCUT2D eigenvalue weighted by Crippen LogP contribution is -2.12. The molecule has 1 aliphatic rings. The Morgan fingerprint density at radius 2 is 1.85 bits per heavy atom. The van der Waals surface area contributed by atoms with Crippen molar-refractivity contribution in [2.75, 3.05) is 6.54 Å².